The molecule has 4 rings (SSSR count). The van der Waals surface area contributed by atoms with Gasteiger partial charge in [-0.25, -0.2) is 13.2 Å². The van der Waals surface area contributed by atoms with Crippen LogP contribution in [0.2, 0.25) is 0 Å². The molecule has 0 spiro atoms. The number of sulfone groups is 1. The first-order valence-corrected chi connectivity index (χ1v) is 10.8. The highest BCUT2D eigenvalue weighted by Crippen LogP contribution is 2.28. The van der Waals surface area contributed by atoms with E-state index >= 15 is 0 Å². The van der Waals surface area contributed by atoms with E-state index in [0.717, 1.165) is 16.8 Å². The summed E-state index contributed by atoms with van der Waals surface area (Å²) in [6.45, 7) is 2.99. The fraction of sp³-hybridized carbons (Fsp3) is 0.444. The zero-order valence-corrected chi connectivity index (χ0v) is 16.2. The number of rotatable bonds is 2. The molecule has 0 aliphatic carbocycles. The number of hydrogen-bond acceptors (Lipinski definition) is 5. The van der Waals surface area contributed by atoms with Crippen LogP contribution in [0.4, 0.5) is 10.6 Å². The van der Waals surface area contributed by atoms with Crippen molar-refractivity contribution in [2.24, 2.45) is 7.05 Å². The van der Waals surface area contributed by atoms with Crippen molar-refractivity contribution in [1.29, 1.82) is 0 Å². The summed E-state index contributed by atoms with van der Waals surface area (Å²) in [7, 11) is -1.33. The molecule has 2 aromatic rings. The highest BCUT2D eigenvalue weighted by molar-refractivity contribution is 7.91. The summed E-state index contributed by atoms with van der Waals surface area (Å²) in [6, 6.07) is 8.99. The molecule has 2 atom stereocenters. The van der Waals surface area contributed by atoms with Crippen molar-refractivity contribution in [3.8, 4) is 11.3 Å². The van der Waals surface area contributed by atoms with Gasteiger partial charge in [-0.15, -0.1) is 0 Å². The SMILES string of the molecule is Cc1c(-c2ccccc2)nn(C)c1NC(=O)N1CCN[C@H]2CS(=O)(=O)C[C@H]21. The normalized spacial score (nSPS) is 23.9. The lowest BCUT2D eigenvalue weighted by Gasteiger charge is -2.37. The lowest BCUT2D eigenvalue weighted by molar-refractivity contribution is 0.163. The number of urea groups is 1. The minimum atomic E-state index is -3.12. The second-order valence-corrected chi connectivity index (χ2v) is 9.29. The number of carbonyl (C=O) groups is 1. The Hall–Kier alpha value is -2.39. The van der Waals surface area contributed by atoms with Gasteiger partial charge in [-0.1, -0.05) is 30.3 Å². The molecule has 27 heavy (non-hydrogen) atoms. The first-order chi connectivity index (χ1) is 12.9. The molecule has 2 aliphatic rings. The summed E-state index contributed by atoms with van der Waals surface area (Å²) in [5, 5.41) is 10.7. The fourth-order valence-electron chi connectivity index (χ4n) is 3.97. The van der Waals surface area contributed by atoms with Crippen LogP contribution in [-0.4, -0.2) is 65.8 Å². The molecule has 2 saturated heterocycles. The summed E-state index contributed by atoms with van der Waals surface area (Å²) in [5.41, 5.74) is 2.67. The van der Waals surface area contributed by atoms with Gasteiger partial charge < -0.3 is 10.2 Å². The molecule has 8 nitrogen and oxygen atoms in total. The van der Waals surface area contributed by atoms with Crippen molar-refractivity contribution in [3.63, 3.8) is 0 Å². The number of hydrogen-bond donors (Lipinski definition) is 2. The van der Waals surface area contributed by atoms with Crippen LogP contribution >= 0.6 is 0 Å². The van der Waals surface area contributed by atoms with E-state index in [0.29, 0.717) is 18.9 Å². The summed E-state index contributed by atoms with van der Waals surface area (Å²) in [4.78, 5) is 14.6. The van der Waals surface area contributed by atoms with Gasteiger partial charge in [-0.2, -0.15) is 5.10 Å². The zero-order valence-electron chi connectivity index (χ0n) is 15.3. The maximum atomic E-state index is 12.9. The number of aromatic nitrogens is 2. The number of benzene rings is 1. The van der Waals surface area contributed by atoms with E-state index in [1.807, 2.05) is 37.3 Å². The lowest BCUT2D eigenvalue weighted by atomic mass is 10.1. The van der Waals surface area contributed by atoms with Gasteiger partial charge in [0.1, 0.15) is 5.82 Å². The Morgan fingerprint density at radius 1 is 1.26 bits per heavy atom. The Bertz CT molecular complexity index is 970. The lowest BCUT2D eigenvalue weighted by Crippen LogP contribution is -2.60. The number of piperazine rings is 1. The van der Waals surface area contributed by atoms with Crippen molar-refractivity contribution in [2.45, 2.75) is 19.0 Å². The summed E-state index contributed by atoms with van der Waals surface area (Å²) in [5.74, 6) is 0.719. The minimum Gasteiger partial charge on any atom is -0.318 e. The molecule has 2 amide bonds. The molecule has 0 saturated carbocycles. The number of nitrogens with zero attached hydrogens (tertiary/aromatic N) is 3. The molecule has 0 radical (unpaired) electrons. The largest absolute Gasteiger partial charge is 0.323 e. The zero-order chi connectivity index (χ0) is 19.2. The monoisotopic (exact) mass is 389 g/mol. The number of nitrogens with one attached hydrogen (secondary N) is 2. The van der Waals surface area contributed by atoms with Crippen molar-refractivity contribution in [2.75, 3.05) is 29.9 Å². The van der Waals surface area contributed by atoms with Gasteiger partial charge >= 0.3 is 6.03 Å². The minimum absolute atomic E-state index is 0.0116. The summed E-state index contributed by atoms with van der Waals surface area (Å²) >= 11 is 0. The Kier molecular flexibility index (Phi) is 4.43. The topological polar surface area (TPSA) is 96.3 Å². The highest BCUT2D eigenvalue weighted by Gasteiger charge is 2.44. The average Bonchev–Trinajstić information content (AvgIpc) is 3.11. The van der Waals surface area contributed by atoms with E-state index in [1.54, 1.807) is 16.6 Å². The molecule has 9 heteroatoms. The Morgan fingerprint density at radius 3 is 2.74 bits per heavy atom. The molecule has 3 heterocycles. The van der Waals surface area contributed by atoms with Crippen LogP contribution in [0.15, 0.2) is 30.3 Å². The van der Waals surface area contributed by atoms with E-state index in [4.69, 9.17) is 0 Å². The molecular formula is C18H23N5O3S. The third kappa shape index (κ3) is 3.32. The summed E-state index contributed by atoms with van der Waals surface area (Å²) in [6.07, 6.45) is 0. The van der Waals surface area contributed by atoms with Crippen molar-refractivity contribution in [1.82, 2.24) is 20.0 Å². The van der Waals surface area contributed by atoms with E-state index in [-0.39, 0.29) is 29.6 Å². The van der Waals surface area contributed by atoms with Crippen LogP contribution in [0.25, 0.3) is 11.3 Å². The maximum absolute atomic E-state index is 12.9. The van der Waals surface area contributed by atoms with Crippen LogP contribution in [0.1, 0.15) is 5.56 Å². The number of fused-ring (bicyclic) bond motifs is 1. The van der Waals surface area contributed by atoms with Crippen molar-refractivity contribution >= 4 is 21.7 Å². The molecule has 144 valence electrons. The number of amides is 2. The van der Waals surface area contributed by atoms with Gasteiger partial charge in [-0.05, 0) is 6.92 Å². The second kappa shape index (κ2) is 6.65. The van der Waals surface area contributed by atoms with E-state index in [1.165, 1.54) is 0 Å². The molecule has 2 N–H and O–H groups in total. The molecule has 0 bridgehead atoms. The van der Waals surface area contributed by atoms with E-state index in [2.05, 4.69) is 15.7 Å². The maximum Gasteiger partial charge on any atom is 0.323 e. The van der Waals surface area contributed by atoms with Crippen molar-refractivity contribution in [3.05, 3.63) is 35.9 Å². The number of carbonyl (C=O) groups excluding carboxylic acids is 1. The quantitative estimate of drug-likeness (QED) is 0.799. The number of aryl methyl sites for hydroxylation is 1. The van der Waals surface area contributed by atoms with Gasteiger partial charge in [-0.3, -0.25) is 10.00 Å². The standard InChI is InChI=1S/C18H23N5O3S/c1-12-16(13-6-4-3-5-7-13)21-22(2)17(12)20-18(24)23-9-8-19-14-10-27(25,26)11-15(14)23/h3-7,14-15,19H,8-11H2,1-2H3,(H,20,24)/t14-,15+/m0/s1. The fourth-order valence-corrected chi connectivity index (χ4v) is 5.92. The predicted molar refractivity (Wildman–Crippen MR) is 103 cm³/mol. The third-order valence-corrected chi connectivity index (χ3v) is 7.02. The predicted octanol–water partition coefficient (Wildman–Crippen LogP) is 0.998. The second-order valence-electron chi connectivity index (χ2n) is 7.14. The Labute approximate surface area is 158 Å². The van der Waals surface area contributed by atoms with Crippen molar-refractivity contribution < 1.29 is 13.2 Å². The molecule has 1 aromatic heterocycles. The van der Waals surface area contributed by atoms with Crippen LogP contribution in [-0.2, 0) is 16.9 Å². The number of anilines is 1. The molecular weight excluding hydrogens is 366 g/mol. The molecule has 1 aromatic carbocycles. The van der Waals surface area contributed by atoms with Crippen LogP contribution < -0.4 is 10.6 Å². The van der Waals surface area contributed by atoms with Gasteiger partial charge in [0.2, 0.25) is 0 Å². The Balaban J connectivity index is 1.58. The van der Waals surface area contributed by atoms with Gasteiger partial charge in [0, 0.05) is 37.3 Å². The van der Waals surface area contributed by atoms with Gasteiger partial charge in [0.15, 0.2) is 9.84 Å². The molecule has 0 unspecified atom stereocenters. The Morgan fingerprint density at radius 2 is 2.00 bits per heavy atom. The third-order valence-electron chi connectivity index (χ3n) is 5.30. The molecule has 2 fully saturated rings. The first kappa shape index (κ1) is 18.0. The average molecular weight is 389 g/mol. The first-order valence-electron chi connectivity index (χ1n) is 8.96. The molecule has 2 aliphatic heterocycles. The van der Waals surface area contributed by atoms with E-state index in [9.17, 15) is 13.2 Å². The van der Waals surface area contributed by atoms with Crippen LogP contribution in [0, 0.1) is 6.92 Å². The van der Waals surface area contributed by atoms with Crippen LogP contribution in [0.3, 0.4) is 0 Å². The highest BCUT2D eigenvalue weighted by atomic mass is 32.2. The van der Waals surface area contributed by atoms with Gasteiger partial charge in [0.25, 0.3) is 0 Å². The smallest absolute Gasteiger partial charge is 0.318 e. The summed E-state index contributed by atoms with van der Waals surface area (Å²) < 4.78 is 25.6. The van der Waals surface area contributed by atoms with E-state index < -0.39 is 9.84 Å². The van der Waals surface area contributed by atoms with Gasteiger partial charge in [0.05, 0.1) is 23.2 Å². The van der Waals surface area contributed by atoms with Crippen LogP contribution in [0.5, 0.6) is 0 Å².